The van der Waals surface area contributed by atoms with E-state index in [9.17, 15) is 0 Å². The molecule has 1 aromatic rings. The highest BCUT2D eigenvalue weighted by molar-refractivity contribution is 14.0. The Hall–Kier alpha value is -0.930. The minimum Gasteiger partial charge on any atom is -0.376 e. The van der Waals surface area contributed by atoms with Crippen molar-refractivity contribution in [2.24, 2.45) is 4.99 Å². The fourth-order valence-corrected chi connectivity index (χ4v) is 3.91. The summed E-state index contributed by atoms with van der Waals surface area (Å²) in [6, 6.07) is 2.09. The Morgan fingerprint density at radius 1 is 1.31 bits per heavy atom. The third-order valence-electron chi connectivity index (χ3n) is 5.65. The minimum absolute atomic E-state index is 0. The molecule has 3 rings (SSSR count). The van der Waals surface area contributed by atoms with E-state index in [4.69, 9.17) is 14.5 Å². The maximum absolute atomic E-state index is 6.14. The molecular formula is C22H37IN4O2. The van der Waals surface area contributed by atoms with Gasteiger partial charge in [-0.25, -0.2) is 0 Å². The van der Waals surface area contributed by atoms with Gasteiger partial charge in [-0.05, 0) is 69.6 Å². The lowest BCUT2D eigenvalue weighted by Crippen LogP contribution is -2.47. The van der Waals surface area contributed by atoms with Gasteiger partial charge in [0.25, 0.3) is 0 Å². The number of hydrogen-bond acceptors (Lipinski definition) is 4. The largest absolute Gasteiger partial charge is 0.376 e. The molecule has 2 saturated heterocycles. The fraction of sp³-hybridized carbons (Fsp3) is 0.727. The molecule has 1 aromatic heterocycles. The number of rotatable bonds is 7. The number of ether oxygens (including phenoxy) is 2. The number of pyridine rings is 1. The first-order valence-electron chi connectivity index (χ1n) is 10.9. The summed E-state index contributed by atoms with van der Waals surface area (Å²) in [5, 5.41) is 3.45. The van der Waals surface area contributed by atoms with Crippen LogP contribution in [0.4, 0.5) is 0 Å². The number of nitrogens with one attached hydrogen (secondary N) is 1. The van der Waals surface area contributed by atoms with Crippen molar-refractivity contribution in [2.45, 2.75) is 64.6 Å². The van der Waals surface area contributed by atoms with Crippen molar-refractivity contribution >= 4 is 29.9 Å². The van der Waals surface area contributed by atoms with Gasteiger partial charge in [-0.15, -0.1) is 24.0 Å². The van der Waals surface area contributed by atoms with Gasteiger partial charge in [0.1, 0.15) is 0 Å². The number of aromatic nitrogens is 1. The van der Waals surface area contributed by atoms with Crippen LogP contribution in [0.1, 0.15) is 50.2 Å². The summed E-state index contributed by atoms with van der Waals surface area (Å²) in [6.45, 7) is 9.57. The predicted octanol–water partition coefficient (Wildman–Crippen LogP) is 3.57. The maximum atomic E-state index is 6.14. The average Bonchev–Trinajstić information content (AvgIpc) is 2.74. The molecule has 2 aliphatic rings. The zero-order chi connectivity index (χ0) is 19.6. The zero-order valence-electron chi connectivity index (χ0n) is 17.9. The molecule has 2 aliphatic heterocycles. The molecule has 0 aliphatic carbocycles. The third-order valence-corrected chi connectivity index (χ3v) is 5.65. The molecule has 0 bridgehead atoms. The van der Waals surface area contributed by atoms with Crippen LogP contribution >= 0.6 is 24.0 Å². The lowest BCUT2D eigenvalue weighted by Gasteiger charge is -2.35. The van der Waals surface area contributed by atoms with Gasteiger partial charge < -0.3 is 19.7 Å². The van der Waals surface area contributed by atoms with E-state index in [1.807, 2.05) is 12.4 Å². The highest BCUT2D eigenvalue weighted by Crippen LogP contribution is 2.18. The van der Waals surface area contributed by atoms with E-state index in [1.54, 1.807) is 0 Å². The van der Waals surface area contributed by atoms with Crippen molar-refractivity contribution < 1.29 is 9.47 Å². The molecule has 0 saturated carbocycles. The second-order valence-electron chi connectivity index (χ2n) is 7.80. The standard InChI is InChI=1S/C22H36N4O2.HI/c1-3-24-22(25-12-8-19-7-11-23-16-18(19)2)26-13-9-20(10-14-26)28-17-21-6-4-5-15-27-21;/h7,11,16,20-21H,3-6,8-10,12-15,17H2,1-2H3,(H,24,25);1H. The van der Waals surface area contributed by atoms with Crippen LogP contribution in [0.3, 0.4) is 0 Å². The van der Waals surface area contributed by atoms with Crippen LogP contribution in [0.5, 0.6) is 0 Å². The number of likely N-dealkylation sites (tertiary alicyclic amines) is 1. The van der Waals surface area contributed by atoms with Crippen molar-refractivity contribution in [3.8, 4) is 0 Å². The topological polar surface area (TPSA) is 59.0 Å². The second-order valence-corrected chi connectivity index (χ2v) is 7.80. The molecule has 0 amide bonds. The van der Waals surface area contributed by atoms with Crippen LogP contribution in [0.15, 0.2) is 23.5 Å². The molecule has 164 valence electrons. The molecule has 7 heteroatoms. The number of nitrogens with zero attached hydrogens (tertiary/aromatic N) is 3. The molecule has 1 atom stereocenters. The predicted molar refractivity (Wildman–Crippen MR) is 128 cm³/mol. The molecule has 0 spiro atoms. The number of piperidine rings is 1. The number of aliphatic imine (C=N–C) groups is 1. The Labute approximate surface area is 192 Å². The highest BCUT2D eigenvalue weighted by atomic mass is 127. The van der Waals surface area contributed by atoms with Gasteiger partial charge in [-0.2, -0.15) is 0 Å². The van der Waals surface area contributed by atoms with Crippen molar-refractivity contribution in [1.82, 2.24) is 15.2 Å². The van der Waals surface area contributed by atoms with Crippen LogP contribution in [-0.2, 0) is 15.9 Å². The summed E-state index contributed by atoms with van der Waals surface area (Å²) in [7, 11) is 0. The van der Waals surface area contributed by atoms with Crippen molar-refractivity contribution in [2.75, 3.05) is 39.4 Å². The van der Waals surface area contributed by atoms with Crippen LogP contribution in [0.25, 0.3) is 0 Å². The molecule has 0 radical (unpaired) electrons. The molecule has 29 heavy (non-hydrogen) atoms. The number of hydrogen-bond donors (Lipinski definition) is 1. The molecule has 2 fully saturated rings. The highest BCUT2D eigenvalue weighted by Gasteiger charge is 2.23. The average molecular weight is 516 g/mol. The smallest absolute Gasteiger partial charge is 0.193 e. The lowest BCUT2D eigenvalue weighted by atomic mass is 10.1. The minimum atomic E-state index is 0. The van der Waals surface area contributed by atoms with Crippen molar-refractivity contribution in [3.63, 3.8) is 0 Å². The van der Waals surface area contributed by atoms with Crippen molar-refractivity contribution in [1.29, 1.82) is 0 Å². The van der Waals surface area contributed by atoms with E-state index < -0.39 is 0 Å². The van der Waals surface area contributed by atoms with E-state index in [2.05, 4.69) is 35.1 Å². The van der Waals surface area contributed by atoms with Gasteiger partial charge in [0, 0.05) is 45.2 Å². The zero-order valence-corrected chi connectivity index (χ0v) is 20.3. The molecule has 1 N–H and O–H groups in total. The molecule has 3 heterocycles. The van der Waals surface area contributed by atoms with Crippen LogP contribution in [-0.4, -0.2) is 67.4 Å². The summed E-state index contributed by atoms with van der Waals surface area (Å²) in [4.78, 5) is 11.4. The van der Waals surface area contributed by atoms with E-state index in [-0.39, 0.29) is 24.0 Å². The van der Waals surface area contributed by atoms with Crippen LogP contribution < -0.4 is 5.32 Å². The second kappa shape index (κ2) is 13.4. The van der Waals surface area contributed by atoms with Crippen LogP contribution in [0, 0.1) is 6.92 Å². The first-order valence-corrected chi connectivity index (χ1v) is 10.9. The fourth-order valence-electron chi connectivity index (χ4n) is 3.91. The molecule has 1 unspecified atom stereocenters. The number of guanidine groups is 1. The van der Waals surface area contributed by atoms with Gasteiger partial charge in [0.2, 0.25) is 0 Å². The lowest BCUT2D eigenvalue weighted by molar-refractivity contribution is -0.0721. The summed E-state index contributed by atoms with van der Waals surface area (Å²) in [5.74, 6) is 1.03. The summed E-state index contributed by atoms with van der Waals surface area (Å²) in [5.41, 5.74) is 2.56. The van der Waals surface area contributed by atoms with Gasteiger partial charge >= 0.3 is 0 Å². The number of halogens is 1. The van der Waals surface area contributed by atoms with Gasteiger partial charge in [-0.1, -0.05) is 0 Å². The Balaban J connectivity index is 0.00000300. The van der Waals surface area contributed by atoms with Gasteiger partial charge in [0.15, 0.2) is 5.96 Å². The Morgan fingerprint density at radius 3 is 2.83 bits per heavy atom. The first-order chi connectivity index (χ1) is 13.8. The summed E-state index contributed by atoms with van der Waals surface area (Å²) < 4.78 is 11.9. The maximum Gasteiger partial charge on any atom is 0.193 e. The summed E-state index contributed by atoms with van der Waals surface area (Å²) in [6.07, 6.45) is 11.1. The van der Waals surface area contributed by atoms with Gasteiger partial charge in [-0.3, -0.25) is 9.98 Å². The Bertz CT molecular complexity index is 615. The molecular weight excluding hydrogens is 479 g/mol. The van der Waals surface area contributed by atoms with E-state index >= 15 is 0 Å². The Morgan fingerprint density at radius 2 is 2.14 bits per heavy atom. The van der Waals surface area contributed by atoms with E-state index in [0.29, 0.717) is 12.2 Å². The van der Waals surface area contributed by atoms with E-state index in [1.165, 1.54) is 24.0 Å². The first kappa shape index (κ1) is 24.3. The van der Waals surface area contributed by atoms with Crippen molar-refractivity contribution in [3.05, 3.63) is 29.6 Å². The summed E-state index contributed by atoms with van der Waals surface area (Å²) >= 11 is 0. The van der Waals surface area contributed by atoms with Gasteiger partial charge in [0.05, 0.1) is 18.8 Å². The normalized spacial score (nSPS) is 21.0. The third kappa shape index (κ3) is 8.02. The van der Waals surface area contributed by atoms with Crippen LogP contribution in [0.2, 0.25) is 0 Å². The quantitative estimate of drug-likeness (QED) is 0.341. The number of aryl methyl sites for hydroxylation is 1. The molecule has 0 aromatic carbocycles. The SMILES string of the molecule is CCNC(=NCCc1ccncc1C)N1CCC(OCC2CCCCO2)CC1.I. The molecule has 6 nitrogen and oxygen atoms in total. The monoisotopic (exact) mass is 516 g/mol. The van der Waals surface area contributed by atoms with E-state index in [0.717, 1.165) is 71.0 Å². The Kier molecular flexibility index (Phi) is 11.2.